The van der Waals surface area contributed by atoms with Crippen LogP contribution in [0.1, 0.15) is 10.4 Å². The van der Waals surface area contributed by atoms with Crippen LogP contribution in [0, 0.1) is 0 Å². The number of hydrogen-bond donors (Lipinski definition) is 2. The molecule has 0 aromatic heterocycles. The third kappa shape index (κ3) is 4.49. The Morgan fingerprint density at radius 1 is 1.05 bits per heavy atom. The molecule has 0 saturated heterocycles. The van der Waals surface area contributed by atoms with E-state index in [1.807, 2.05) is 0 Å². The molecule has 0 fully saturated rings. The second kappa shape index (κ2) is 7.46. The molecular formula is C15H12F2N2O2S. The van der Waals surface area contributed by atoms with Gasteiger partial charge in [0.15, 0.2) is 5.11 Å². The molecule has 0 unspecified atom stereocenters. The molecule has 0 aliphatic carbocycles. The van der Waals surface area contributed by atoms with E-state index in [-0.39, 0.29) is 16.5 Å². The van der Waals surface area contributed by atoms with Crippen molar-refractivity contribution in [2.45, 2.75) is 6.61 Å². The van der Waals surface area contributed by atoms with E-state index in [4.69, 9.17) is 12.2 Å². The second-order valence-corrected chi connectivity index (χ2v) is 4.56. The number of carbonyl (C=O) groups is 1. The molecule has 7 heteroatoms. The number of anilines is 1. The van der Waals surface area contributed by atoms with Crippen LogP contribution in [0.2, 0.25) is 0 Å². The third-order valence-electron chi connectivity index (χ3n) is 2.61. The van der Waals surface area contributed by atoms with Crippen LogP contribution in [-0.4, -0.2) is 17.6 Å². The summed E-state index contributed by atoms with van der Waals surface area (Å²) in [5.41, 5.74) is 0.671. The lowest BCUT2D eigenvalue weighted by molar-refractivity contribution is -0.0493. The number of para-hydroxylation sites is 2. The van der Waals surface area contributed by atoms with Gasteiger partial charge < -0.3 is 10.1 Å². The van der Waals surface area contributed by atoms with Gasteiger partial charge in [-0.1, -0.05) is 30.3 Å². The van der Waals surface area contributed by atoms with Crippen LogP contribution in [-0.2, 0) is 0 Å². The van der Waals surface area contributed by atoms with Gasteiger partial charge in [-0.05, 0) is 36.5 Å². The molecule has 0 aliphatic rings. The number of nitrogens with one attached hydrogen (secondary N) is 2. The fourth-order valence-corrected chi connectivity index (χ4v) is 1.89. The van der Waals surface area contributed by atoms with Gasteiger partial charge in [-0.3, -0.25) is 10.1 Å². The number of hydrogen-bond acceptors (Lipinski definition) is 3. The summed E-state index contributed by atoms with van der Waals surface area (Å²) in [4.78, 5) is 11.9. The normalized spacial score (nSPS) is 10.1. The van der Waals surface area contributed by atoms with Crippen molar-refractivity contribution in [2.24, 2.45) is 0 Å². The van der Waals surface area contributed by atoms with E-state index < -0.39 is 12.5 Å². The minimum atomic E-state index is -2.95. The first-order chi connectivity index (χ1) is 10.6. The van der Waals surface area contributed by atoms with Gasteiger partial charge in [0.05, 0.1) is 5.69 Å². The molecule has 0 spiro atoms. The summed E-state index contributed by atoms with van der Waals surface area (Å²) in [5, 5.41) is 5.11. The fraction of sp³-hybridized carbons (Fsp3) is 0.0667. The second-order valence-electron chi connectivity index (χ2n) is 4.15. The van der Waals surface area contributed by atoms with Crippen molar-refractivity contribution in [3.05, 3.63) is 60.2 Å². The molecule has 2 N–H and O–H groups in total. The van der Waals surface area contributed by atoms with Crippen LogP contribution in [0.15, 0.2) is 54.6 Å². The Morgan fingerprint density at radius 2 is 1.68 bits per heavy atom. The summed E-state index contributed by atoms with van der Waals surface area (Å²) < 4.78 is 29.0. The van der Waals surface area contributed by atoms with Crippen molar-refractivity contribution < 1.29 is 18.3 Å². The highest BCUT2D eigenvalue weighted by Gasteiger charge is 2.12. The van der Waals surface area contributed by atoms with Gasteiger partial charge in [-0.25, -0.2) is 0 Å². The quantitative estimate of drug-likeness (QED) is 0.847. The lowest BCUT2D eigenvalue weighted by atomic mass is 10.2. The van der Waals surface area contributed by atoms with Crippen LogP contribution in [0.4, 0.5) is 14.5 Å². The zero-order valence-corrected chi connectivity index (χ0v) is 12.1. The predicted octanol–water partition coefficient (Wildman–Crippen LogP) is 3.41. The molecule has 0 bridgehead atoms. The lowest BCUT2D eigenvalue weighted by Gasteiger charge is -2.13. The molecule has 2 rings (SSSR count). The molecule has 114 valence electrons. The highest BCUT2D eigenvalue weighted by molar-refractivity contribution is 7.80. The van der Waals surface area contributed by atoms with E-state index >= 15 is 0 Å². The average Bonchev–Trinajstić information content (AvgIpc) is 2.49. The molecule has 2 aromatic rings. The summed E-state index contributed by atoms with van der Waals surface area (Å²) in [5.74, 6) is -0.459. The number of alkyl halides is 2. The summed E-state index contributed by atoms with van der Waals surface area (Å²) in [6.07, 6.45) is 0. The predicted molar refractivity (Wildman–Crippen MR) is 83.2 cm³/mol. The highest BCUT2D eigenvalue weighted by Crippen LogP contribution is 2.25. The van der Waals surface area contributed by atoms with Crippen LogP contribution < -0.4 is 15.4 Å². The topological polar surface area (TPSA) is 50.4 Å². The van der Waals surface area contributed by atoms with Gasteiger partial charge in [0.25, 0.3) is 5.91 Å². The number of ether oxygens (including phenoxy) is 1. The van der Waals surface area contributed by atoms with E-state index in [1.54, 1.807) is 42.5 Å². The van der Waals surface area contributed by atoms with Gasteiger partial charge in [0.2, 0.25) is 0 Å². The van der Waals surface area contributed by atoms with E-state index in [0.717, 1.165) is 0 Å². The van der Waals surface area contributed by atoms with Gasteiger partial charge >= 0.3 is 6.61 Å². The van der Waals surface area contributed by atoms with E-state index in [1.165, 1.54) is 12.1 Å². The summed E-state index contributed by atoms with van der Waals surface area (Å²) in [7, 11) is 0. The number of benzene rings is 2. The molecule has 0 aliphatic heterocycles. The maximum absolute atomic E-state index is 12.3. The van der Waals surface area contributed by atoms with Crippen LogP contribution in [0.3, 0.4) is 0 Å². The SMILES string of the molecule is O=C(NC(=S)Nc1ccccc1OC(F)F)c1ccccc1. The van der Waals surface area contributed by atoms with Crippen molar-refractivity contribution in [2.75, 3.05) is 5.32 Å². The summed E-state index contributed by atoms with van der Waals surface area (Å²) in [6.45, 7) is -2.95. The zero-order valence-electron chi connectivity index (χ0n) is 11.3. The summed E-state index contributed by atoms with van der Waals surface area (Å²) in [6, 6.07) is 14.5. The van der Waals surface area contributed by atoms with Crippen LogP contribution in [0.5, 0.6) is 5.75 Å². The molecule has 0 saturated carbocycles. The number of rotatable bonds is 4. The van der Waals surface area contributed by atoms with Crippen LogP contribution in [0.25, 0.3) is 0 Å². The minimum Gasteiger partial charge on any atom is -0.433 e. The Labute approximate surface area is 131 Å². The number of amides is 1. The molecule has 22 heavy (non-hydrogen) atoms. The smallest absolute Gasteiger partial charge is 0.387 e. The summed E-state index contributed by atoms with van der Waals surface area (Å²) >= 11 is 5.00. The molecular weight excluding hydrogens is 310 g/mol. The van der Waals surface area contributed by atoms with Crippen molar-refractivity contribution in [3.8, 4) is 5.75 Å². The van der Waals surface area contributed by atoms with Gasteiger partial charge in [0.1, 0.15) is 5.75 Å². The monoisotopic (exact) mass is 322 g/mol. The fourth-order valence-electron chi connectivity index (χ4n) is 1.69. The molecule has 4 nitrogen and oxygen atoms in total. The van der Waals surface area contributed by atoms with Gasteiger partial charge in [-0.15, -0.1) is 0 Å². The first-order valence-electron chi connectivity index (χ1n) is 6.27. The van der Waals surface area contributed by atoms with Crippen LogP contribution >= 0.6 is 12.2 Å². The first-order valence-corrected chi connectivity index (χ1v) is 6.68. The van der Waals surface area contributed by atoms with Crippen molar-refractivity contribution in [1.82, 2.24) is 5.32 Å². The minimum absolute atomic E-state index is 0.0147. The number of thiocarbonyl (C=S) groups is 1. The van der Waals surface area contributed by atoms with Gasteiger partial charge in [-0.2, -0.15) is 8.78 Å². The Hall–Kier alpha value is -2.54. The number of carbonyl (C=O) groups excluding carboxylic acids is 1. The van der Waals surface area contributed by atoms with Crippen molar-refractivity contribution in [1.29, 1.82) is 0 Å². The molecule has 1 amide bonds. The van der Waals surface area contributed by atoms with E-state index in [0.29, 0.717) is 5.56 Å². The van der Waals surface area contributed by atoms with E-state index in [2.05, 4.69) is 15.4 Å². The molecule has 0 heterocycles. The Balaban J connectivity index is 2.02. The molecule has 2 aromatic carbocycles. The molecule has 0 radical (unpaired) electrons. The highest BCUT2D eigenvalue weighted by atomic mass is 32.1. The maximum Gasteiger partial charge on any atom is 0.387 e. The van der Waals surface area contributed by atoms with Crippen molar-refractivity contribution >= 4 is 28.9 Å². The Morgan fingerprint density at radius 3 is 2.36 bits per heavy atom. The molecule has 0 atom stereocenters. The number of halogens is 2. The van der Waals surface area contributed by atoms with Crippen molar-refractivity contribution in [3.63, 3.8) is 0 Å². The maximum atomic E-state index is 12.3. The third-order valence-corrected chi connectivity index (χ3v) is 2.82. The average molecular weight is 322 g/mol. The lowest BCUT2D eigenvalue weighted by Crippen LogP contribution is -2.34. The largest absolute Gasteiger partial charge is 0.433 e. The van der Waals surface area contributed by atoms with Gasteiger partial charge in [0, 0.05) is 5.56 Å². The van der Waals surface area contributed by atoms with E-state index in [9.17, 15) is 13.6 Å². The first kappa shape index (κ1) is 15.8. The standard InChI is InChI=1S/C15H12F2N2O2S/c16-14(17)21-12-9-5-4-8-11(12)18-15(22)19-13(20)10-6-2-1-3-7-10/h1-9,14H,(H2,18,19,20,22). The zero-order chi connectivity index (χ0) is 15.9. The Bertz CT molecular complexity index is 666. The Kier molecular flexibility index (Phi) is 5.37.